The van der Waals surface area contributed by atoms with Gasteiger partial charge in [-0.15, -0.1) is 12.4 Å². The van der Waals surface area contributed by atoms with E-state index in [0.717, 1.165) is 32.2 Å². The highest BCUT2D eigenvalue weighted by Crippen LogP contribution is 2.10. The third kappa shape index (κ3) is 7.92. The summed E-state index contributed by atoms with van der Waals surface area (Å²) in [6.07, 6.45) is 0. The highest BCUT2D eigenvalue weighted by molar-refractivity contribution is 6.60. The van der Waals surface area contributed by atoms with Gasteiger partial charge in [0.15, 0.2) is 0 Å². The molecule has 0 aliphatic heterocycles. The van der Waals surface area contributed by atoms with Crippen molar-refractivity contribution < 1.29 is 13.3 Å². The molecule has 0 fully saturated rings. The molecule has 0 atom stereocenters. The lowest BCUT2D eigenvalue weighted by molar-refractivity contribution is 0.123. The Bertz CT molecular complexity index is 345. The summed E-state index contributed by atoms with van der Waals surface area (Å²) < 4.78 is 16.1. The van der Waals surface area contributed by atoms with Crippen LogP contribution in [0.2, 0.25) is 6.04 Å². The Hall–Kier alpha value is -0.473. The second-order valence-corrected chi connectivity index (χ2v) is 7.55. The van der Waals surface area contributed by atoms with Crippen molar-refractivity contribution in [1.82, 2.24) is 10.6 Å². The van der Waals surface area contributed by atoms with Crippen molar-refractivity contribution in [3.8, 4) is 0 Å². The Morgan fingerprint density at radius 3 is 2.00 bits per heavy atom. The minimum absolute atomic E-state index is 0. The van der Waals surface area contributed by atoms with Gasteiger partial charge >= 0.3 is 8.80 Å². The molecule has 2 N–H and O–H groups in total. The van der Waals surface area contributed by atoms with Crippen molar-refractivity contribution in [2.75, 3.05) is 41.0 Å². The fourth-order valence-electron chi connectivity index (χ4n) is 1.93. The molecular weight excluding hydrogens is 308 g/mol. The molecule has 122 valence electrons. The van der Waals surface area contributed by atoms with Gasteiger partial charge in [0.25, 0.3) is 0 Å². The molecule has 21 heavy (non-hydrogen) atoms. The van der Waals surface area contributed by atoms with Gasteiger partial charge in [0.05, 0.1) is 0 Å². The predicted octanol–water partition coefficient (Wildman–Crippen LogP) is 1.67. The van der Waals surface area contributed by atoms with Gasteiger partial charge in [0, 0.05) is 47.0 Å². The van der Waals surface area contributed by atoms with Gasteiger partial charge in [-0.3, -0.25) is 0 Å². The molecule has 1 aromatic carbocycles. The highest BCUT2D eigenvalue weighted by Gasteiger charge is 2.36. The van der Waals surface area contributed by atoms with E-state index in [2.05, 4.69) is 34.9 Å². The predicted molar refractivity (Wildman–Crippen MR) is 89.9 cm³/mol. The van der Waals surface area contributed by atoms with Crippen LogP contribution in [-0.4, -0.2) is 49.8 Å². The van der Waals surface area contributed by atoms with Crippen LogP contribution in [0.1, 0.15) is 5.56 Å². The fraction of sp³-hybridized carbons (Fsp3) is 0.571. The molecule has 0 heterocycles. The van der Waals surface area contributed by atoms with Gasteiger partial charge in [0.1, 0.15) is 0 Å². The lowest BCUT2D eigenvalue weighted by Crippen LogP contribution is -2.45. The van der Waals surface area contributed by atoms with Gasteiger partial charge in [-0.05, 0) is 12.1 Å². The van der Waals surface area contributed by atoms with E-state index in [0.29, 0.717) is 0 Å². The van der Waals surface area contributed by atoms with Crippen molar-refractivity contribution >= 4 is 21.2 Å². The first-order chi connectivity index (χ1) is 9.76. The van der Waals surface area contributed by atoms with Crippen LogP contribution in [0.3, 0.4) is 0 Å². The summed E-state index contributed by atoms with van der Waals surface area (Å²) in [7, 11) is 2.50. The summed E-state index contributed by atoms with van der Waals surface area (Å²) in [4.78, 5) is 0. The first kappa shape index (κ1) is 20.5. The number of hydrogen-bond acceptors (Lipinski definition) is 5. The number of hydrogen-bond donors (Lipinski definition) is 2. The average molecular weight is 335 g/mol. The molecule has 5 nitrogen and oxygen atoms in total. The van der Waals surface area contributed by atoms with E-state index >= 15 is 0 Å². The minimum Gasteiger partial charge on any atom is -0.377 e. The molecular formula is C14H27ClN2O3Si. The topological polar surface area (TPSA) is 51.8 Å². The number of nitrogens with one attached hydrogen (secondary N) is 2. The van der Waals surface area contributed by atoms with Gasteiger partial charge < -0.3 is 23.9 Å². The van der Waals surface area contributed by atoms with Crippen LogP contribution in [0.25, 0.3) is 0 Å². The van der Waals surface area contributed by atoms with Gasteiger partial charge in [-0.1, -0.05) is 30.3 Å². The Kier molecular flexibility index (Phi) is 11.8. The zero-order valence-corrected chi connectivity index (χ0v) is 14.9. The summed E-state index contributed by atoms with van der Waals surface area (Å²) >= 11 is 0. The van der Waals surface area contributed by atoms with Crippen LogP contribution in [0.5, 0.6) is 0 Å². The Morgan fingerprint density at radius 1 is 0.857 bits per heavy atom. The molecule has 1 aromatic rings. The van der Waals surface area contributed by atoms with Crippen LogP contribution >= 0.6 is 12.4 Å². The van der Waals surface area contributed by atoms with E-state index in [1.165, 1.54) is 5.56 Å². The van der Waals surface area contributed by atoms with E-state index in [4.69, 9.17) is 13.3 Å². The summed E-state index contributed by atoms with van der Waals surface area (Å²) in [5.41, 5.74) is 1.30. The maximum absolute atomic E-state index is 5.36. The van der Waals surface area contributed by atoms with E-state index in [1.807, 2.05) is 6.07 Å². The van der Waals surface area contributed by atoms with E-state index in [-0.39, 0.29) is 12.4 Å². The zero-order valence-electron chi connectivity index (χ0n) is 13.1. The maximum atomic E-state index is 5.36. The third-order valence-electron chi connectivity index (χ3n) is 3.19. The van der Waals surface area contributed by atoms with E-state index in [1.54, 1.807) is 21.3 Å². The van der Waals surface area contributed by atoms with E-state index in [9.17, 15) is 0 Å². The molecule has 0 unspecified atom stereocenters. The Balaban J connectivity index is 0.00000400. The van der Waals surface area contributed by atoms with Crippen molar-refractivity contribution in [3.63, 3.8) is 0 Å². The normalized spacial score (nSPS) is 11.2. The number of rotatable bonds is 11. The third-order valence-corrected chi connectivity index (χ3v) is 5.92. The van der Waals surface area contributed by atoms with Crippen LogP contribution in [0.4, 0.5) is 0 Å². The molecule has 0 saturated carbocycles. The average Bonchev–Trinajstić information content (AvgIpc) is 2.52. The van der Waals surface area contributed by atoms with Crippen molar-refractivity contribution in [1.29, 1.82) is 0 Å². The standard InChI is InChI=1S/C14H26N2O3Si.ClH/c1-17-20(18-2,19-3)12-11-15-9-10-16-13-14-7-5-4-6-8-14;/h4-8,15-16H,9-13H2,1-3H3;1H. The second kappa shape index (κ2) is 12.1. The van der Waals surface area contributed by atoms with Crippen molar-refractivity contribution in [3.05, 3.63) is 35.9 Å². The molecule has 0 aliphatic carbocycles. The molecule has 0 amide bonds. The lowest BCUT2D eigenvalue weighted by Gasteiger charge is -2.24. The van der Waals surface area contributed by atoms with E-state index < -0.39 is 8.80 Å². The Labute approximate surface area is 135 Å². The largest absolute Gasteiger partial charge is 0.501 e. The monoisotopic (exact) mass is 334 g/mol. The fourth-order valence-corrected chi connectivity index (χ4v) is 3.52. The lowest BCUT2D eigenvalue weighted by atomic mass is 10.2. The quantitative estimate of drug-likeness (QED) is 0.476. The minimum atomic E-state index is -2.42. The van der Waals surface area contributed by atoms with Crippen LogP contribution in [0.15, 0.2) is 30.3 Å². The molecule has 0 saturated heterocycles. The zero-order chi connectivity index (χ0) is 14.7. The second-order valence-electron chi connectivity index (χ2n) is 4.46. The summed E-state index contributed by atoms with van der Waals surface area (Å²) in [5.74, 6) is 0. The summed E-state index contributed by atoms with van der Waals surface area (Å²) in [5, 5.41) is 6.76. The highest BCUT2D eigenvalue weighted by atomic mass is 35.5. The summed E-state index contributed by atoms with van der Waals surface area (Å²) in [6, 6.07) is 11.2. The molecule has 1 rings (SSSR count). The molecule has 0 aliphatic rings. The maximum Gasteiger partial charge on any atom is 0.501 e. The molecule has 0 aromatic heterocycles. The molecule has 7 heteroatoms. The first-order valence-electron chi connectivity index (χ1n) is 6.87. The van der Waals surface area contributed by atoms with Gasteiger partial charge in [-0.25, -0.2) is 0 Å². The first-order valence-corrected chi connectivity index (χ1v) is 8.80. The van der Waals surface area contributed by atoms with Crippen LogP contribution < -0.4 is 10.6 Å². The number of benzene rings is 1. The molecule has 0 radical (unpaired) electrons. The molecule has 0 spiro atoms. The smallest absolute Gasteiger partial charge is 0.377 e. The van der Waals surface area contributed by atoms with Crippen molar-refractivity contribution in [2.45, 2.75) is 12.6 Å². The van der Waals surface area contributed by atoms with Gasteiger partial charge in [-0.2, -0.15) is 0 Å². The van der Waals surface area contributed by atoms with Gasteiger partial charge in [0.2, 0.25) is 0 Å². The van der Waals surface area contributed by atoms with Crippen LogP contribution in [0, 0.1) is 0 Å². The SMILES string of the molecule is CO[Si](CCNCCNCc1ccccc1)(OC)OC.Cl. The summed E-state index contributed by atoms with van der Waals surface area (Å²) in [6.45, 7) is 3.56. The Morgan fingerprint density at radius 2 is 1.43 bits per heavy atom. The van der Waals surface area contributed by atoms with Crippen LogP contribution in [-0.2, 0) is 19.8 Å². The molecule has 0 bridgehead atoms. The number of halogens is 1. The van der Waals surface area contributed by atoms with Crippen molar-refractivity contribution in [2.24, 2.45) is 0 Å².